The van der Waals surface area contributed by atoms with Crippen molar-refractivity contribution in [2.45, 2.75) is 25.8 Å². The number of carbonyl (C=O) groups is 1. The van der Waals surface area contributed by atoms with Crippen molar-refractivity contribution in [1.82, 2.24) is 4.90 Å². The molecular formula is C15H20ClNO. The standard InChI is InChI=1S/C15H20ClNO/c16-9-4-7-14-12-17(10-8-15(14)18)11-13-5-2-1-3-6-13/h1-3,5-6,14H,4,7-12H2. The van der Waals surface area contributed by atoms with Gasteiger partial charge in [0.2, 0.25) is 0 Å². The zero-order valence-electron chi connectivity index (χ0n) is 10.6. The summed E-state index contributed by atoms with van der Waals surface area (Å²) in [7, 11) is 0. The van der Waals surface area contributed by atoms with Crippen molar-refractivity contribution in [1.29, 1.82) is 0 Å². The normalized spacial score (nSPS) is 21.2. The van der Waals surface area contributed by atoms with Crippen LogP contribution < -0.4 is 0 Å². The van der Waals surface area contributed by atoms with Crippen molar-refractivity contribution < 1.29 is 4.79 Å². The summed E-state index contributed by atoms with van der Waals surface area (Å²) < 4.78 is 0. The summed E-state index contributed by atoms with van der Waals surface area (Å²) in [5.41, 5.74) is 1.32. The molecule has 0 saturated carbocycles. The summed E-state index contributed by atoms with van der Waals surface area (Å²) in [5.74, 6) is 1.27. The van der Waals surface area contributed by atoms with Crippen LogP contribution in [0.4, 0.5) is 0 Å². The fourth-order valence-corrected chi connectivity index (χ4v) is 2.69. The molecule has 1 heterocycles. The van der Waals surface area contributed by atoms with Crippen LogP contribution in [0.5, 0.6) is 0 Å². The fraction of sp³-hybridized carbons (Fsp3) is 0.533. The van der Waals surface area contributed by atoms with E-state index < -0.39 is 0 Å². The van der Waals surface area contributed by atoms with Crippen LogP contribution in [0.15, 0.2) is 30.3 Å². The van der Waals surface area contributed by atoms with E-state index >= 15 is 0 Å². The first-order chi connectivity index (χ1) is 8.79. The Hall–Kier alpha value is -0.860. The third-order valence-electron chi connectivity index (χ3n) is 3.54. The molecule has 1 unspecified atom stereocenters. The van der Waals surface area contributed by atoms with E-state index in [2.05, 4.69) is 29.2 Å². The Morgan fingerprint density at radius 3 is 2.78 bits per heavy atom. The summed E-state index contributed by atoms with van der Waals surface area (Å²) in [6.45, 7) is 2.74. The highest BCUT2D eigenvalue weighted by Gasteiger charge is 2.26. The van der Waals surface area contributed by atoms with Gasteiger partial charge in [-0.25, -0.2) is 0 Å². The Kier molecular flexibility index (Phi) is 5.21. The highest BCUT2D eigenvalue weighted by atomic mass is 35.5. The lowest BCUT2D eigenvalue weighted by Gasteiger charge is -2.31. The summed E-state index contributed by atoms with van der Waals surface area (Å²) in [6.07, 6.45) is 2.57. The lowest BCUT2D eigenvalue weighted by molar-refractivity contribution is -0.126. The molecule has 0 N–H and O–H groups in total. The van der Waals surface area contributed by atoms with Crippen molar-refractivity contribution in [2.75, 3.05) is 19.0 Å². The van der Waals surface area contributed by atoms with E-state index in [1.807, 2.05) is 6.07 Å². The molecule has 1 saturated heterocycles. The van der Waals surface area contributed by atoms with Crippen molar-refractivity contribution in [2.24, 2.45) is 5.92 Å². The first-order valence-corrected chi connectivity index (χ1v) is 7.18. The Labute approximate surface area is 114 Å². The fourth-order valence-electron chi connectivity index (χ4n) is 2.54. The van der Waals surface area contributed by atoms with E-state index in [1.54, 1.807) is 0 Å². The highest BCUT2D eigenvalue weighted by molar-refractivity contribution is 6.17. The van der Waals surface area contributed by atoms with Crippen LogP contribution in [-0.2, 0) is 11.3 Å². The molecule has 1 aliphatic rings. The van der Waals surface area contributed by atoms with Crippen molar-refractivity contribution in [3.8, 4) is 0 Å². The Balaban J connectivity index is 1.89. The van der Waals surface area contributed by atoms with E-state index in [0.717, 1.165) is 32.5 Å². The molecule has 1 aliphatic heterocycles. The summed E-state index contributed by atoms with van der Waals surface area (Å²) in [6, 6.07) is 10.5. The van der Waals surface area contributed by atoms with Crippen LogP contribution in [0, 0.1) is 5.92 Å². The van der Waals surface area contributed by atoms with Crippen LogP contribution >= 0.6 is 11.6 Å². The van der Waals surface area contributed by atoms with Gasteiger partial charge < -0.3 is 0 Å². The van der Waals surface area contributed by atoms with Gasteiger partial charge in [-0.2, -0.15) is 0 Å². The molecule has 3 heteroatoms. The average molecular weight is 266 g/mol. The number of benzene rings is 1. The summed E-state index contributed by atoms with van der Waals surface area (Å²) >= 11 is 5.71. The topological polar surface area (TPSA) is 20.3 Å². The molecule has 0 amide bonds. The number of nitrogens with zero attached hydrogens (tertiary/aromatic N) is 1. The number of carbonyl (C=O) groups excluding carboxylic acids is 1. The Bertz CT molecular complexity index is 379. The SMILES string of the molecule is O=C1CCN(Cc2ccccc2)CC1CCCCl. The van der Waals surface area contributed by atoms with Crippen LogP contribution in [0.3, 0.4) is 0 Å². The lowest BCUT2D eigenvalue weighted by atomic mass is 9.92. The third-order valence-corrected chi connectivity index (χ3v) is 3.81. The summed E-state index contributed by atoms with van der Waals surface area (Å²) in [4.78, 5) is 14.2. The molecule has 1 atom stereocenters. The molecule has 0 spiro atoms. The maximum Gasteiger partial charge on any atom is 0.138 e. The predicted molar refractivity (Wildman–Crippen MR) is 74.8 cm³/mol. The van der Waals surface area contributed by atoms with Crippen molar-refractivity contribution >= 4 is 17.4 Å². The quantitative estimate of drug-likeness (QED) is 0.763. The maximum absolute atomic E-state index is 11.8. The van der Waals surface area contributed by atoms with Gasteiger partial charge >= 0.3 is 0 Å². The van der Waals surface area contributed by atoms with Gasteiger partial charge in [0.1, 0.15) is 5.78 Å². The Morgan fingerprint density at radius 2 is 2.06 bits per heavy atom. The smallest absolute Gasteiger partial charge is 0.138 e. The second kappa shape index (κ2) is 6.91. The Morgan fingerprint density at radius 1 is 1.28 bits per heavy atom. The molecule has 98 valence electrons. The van der Waals surface area contributed by atoms with Gasteiger partial charge in [-0.05, 0) is 18.4 Å². The van der Waals surface area contributed by atoms with Crippen LogP contribution in [0.2, 0.25) is 0 Å². The van der Waals surface area contributed by atoms with E-state index in [1.165, 1.54) is 5.56 Å². The molecule has 0 aliphatic carbocycles. The van der Waals surface area contributed by atoms with Gasteiger partial charge in [0.25, 0.3) is 0 Å². The minimum Gasteiger partial charge on any atom is -0.299 e. The van der Waals surface area contributed by atoms with Crippen LogP contribution in [0.25, 0.3) is 0 Å². The molecule has 18 heavy (non-hydrogen) atoms. The first kappa shape index (κ1) is 13.6. The van der Waals surface area contributed by atoms with Gasteiger partial charge in [0.05, 0.1) is 0 Å². The number of ketones is 1. The van der Waals surface area contributed by atoms with Crippen LogP contribution in [-0.4, -0.2) is 29.7 Å². The zero-order valence-corrected chi connectivity index (χ0v) is 11.4. The number of alkyl halides is 1. The highest BCUT2D eigenvalue weighted by Crippen LogP contribution is 2.20. The van der Waals surface area contributed by atoms with Gasteiger partial charge in [-0.1, -0.05) is 30.3 Å². The number of piperidine rings is 1. The zero-order chi connectivity index (χ0) is 12.8. The van der Waals surface area contributed by atoms with E-state index in [-0.39, 0.29) is 5.92 Å². The maximum atomic E-state index is 11.8. The molecule has 1 aromatic carbocycles. The number of Topliss-reactive ketones (excluding diaryl/α,β-unsaturated/α-hetero) is 1. The van der Waals surface area contributed by atoms with Gasteiger partial charge in [0.15, 0.2) is 0 Å². The van der Waals surface area contributed by atoms with E-state index in [0.29, 0.717) is 18.1 Å². The van der Waals surface area contributed by atoms with Gasteiger partial charge in [0, 0.05) is 37.9 Å². The molecule has 1 fully saturated rings. The number of halogens is 1. The number of hydrogen-bond acceptors (Lipinski definition) is 2. The number of likely N-dealkylation sites (tertiary alicyclic amines) is 1. The molecule has 2 rings (SSSR count). The second-order valence-electron chi connectivity index (χ2n) is 4.97. The molecule has 1 aromatic rings. The van der Waals surface area contributed by atoms with E-state index in [9.17, 15) is 4.79 Å². The van der Waals surface area contributed by atoms with E-state index in [4.69, 9.17) is 11.6 Å². The van der Waals surface area contributed by atoms with Crippen molar-refractivity contribution in [3.63, 3.8) is 0 Å². The number of rotatable bonds is 5. The average Bonchev–Trinajstić information content (AvgIpc) is 2.40. The second-order valence-corrected chi connectivity index (χ2v) is 5.34. The minimum absolute atomic E-state index is 0.196. The van der Waals surface area contributed by atoms with Crippen molar-refractivity contribution in [3.05, 3.63) is 35.9 Å². The molecule has 0 radical (unpaired) electrons. The molecule has 0 bridgehead atoms. The molecule has 0 aromatic heterocycles. The van der Waals surface area contributed by atoms with Gasteiger partial charge in [-0.15, -0.1) is 11.6 Å². The monoisotopic (exact) mass is 265 g/mol. The predicted octanol–water partition coefficient (Wildman–Crippen LogP) is 3.10. The van der Waals surface area contributed by atoms with Crippen LogP contribution in [0.1, 0.15) is 24.8 Å². The number of hydrogen-bond donors (Lipinski definition) is 0. The minimum atomic E-state index is 0.196. The molecule has 2 nitrogen and oxygen atoms in total. The largest absolute Gasteiger partial charge is 0.299 e. The third kappa shape index (κ3) is 3.82. The summed E-state index contributed by atoms with van der Waals surface area (Å²) in [5, 5.41) is 0. The lowest BCUT2D eigenvalue weighted by Crippen LogP contribution is -2.40. The van der Waals surface area contributed by atoms with Gasteiger partial charge in [-0.3, -0.25) is 9.69 Å². The first-order valence-electron chi connectivity index (χ1n) is 6.64. The molecular weight excluding hydrogens is 246 g/mol.